The van der Waals surface area contributed by atoms with Crippen LogP contribution in [0.2, 0.25) is 0 Å². The minimum atomic E-state index is -1.09. The highest BCUT2D eigenvalue weighted by molar-refractivity contribution is 5.93. The Morgan fingerprint density at radius 2 is 0.867 bits per heavy atom. The number of unbranched alkanes of at least 4 members (excludes halogenated alkanes) is 22. The number of hydrogen-bond acceptors (Lipinski definition) is 5. The van der Waals surface area contributed by atoms with Gasteiger partial charge in [-0.1, -0.05) is 162 Å². The maximum Gasteiger partial charge on any atom is 0.320 e. The zero-order chi connectivity index (χ0) is 33.2. The molecule has 45 heavy (non-hydrogen) atoms. The maximum atomic E-state index is 12.6. The van der Waals surface area contributed by atoms with Crippen LogP contribution in [0.25, 0.3) is 0 Å². The lowest BCUT2D eigenvalue weighted by Gasteiger charge is -2.18. The normalized spacial score (nSPS) is 12.0. The smallest absolute Gasteiger partial charge is 0.320 e. The number of carbonyl (C=O) groups excluding carboxylic acids is 2. The van der Waals surface area contributed by atoms with Crippen molar-refractivity contribution in [2.24, 2.45) is 5.92 Å². The lowest BCUT2D eigenvalue weighted by molar-refractivity contribution is -0.159. The highest BCUT2D eigenvalue weighted by atomic mass is 16.5. The summed E-state index contributed by atoms with van der Waals surface area (Å²) >= 11 is 0. The minimum Gasteiger partial charge on any atom is -0.481 e. The fourth-order valence-corrected chi connectivity index (χ4v) is 5.99. The van der Waals surface area contributed by atoms with Gasteiger partial charge in [0.25, 0.3) is 0 Å². The highest BCUT2D eigenvalue weighted by Crippen LogP contribution is 2.19. The van der Waals surface area contributed by atoms with Crippen LogP contribution < -0.4 is 0 Å². The third kappa shape index (κ3) is 29.6. The molecule has 0 aliphatic rings. The molecular formula is C39H74O6. The third-order valence-electron chi connectivity index (χ3n) is 9.01. The van der Waals surface area contributed by atoms with Crippen LogP contribution >= 0.6 is 0 Å². The van der Waals surface area contributed by atoms with Gasteiger partial charge in [0, 0.05) is 6.42 Å². The number of carboxylic acids is 1. The largest absolute Gasteiger partial charge is 0.481 e. The van der Waals surface area contributed by atoms with Crippen LogP contribution in [0.3, 0.4) is 0 Å². The van der Waals surface area contributed by atoms with E-state index in [4.69, 9.17) is 9.47 Å². The molecule has 0 aromatic rings. The van der Waals surface area contributed by atoms with Crippen molar-refractivity contribution in [3.63, 3.8) is 0 Å². The van der Waals surface area contributed by atoms with Gasteiger partial charge in [-0.25, -0.2) is 0 Å². The number of ether oxygens (including phenoxy) is 2. The second kappa shape index (κ2) is 33.8. The van der Waals surface area contributed by atoms with Gasteiger partial charge in [0.05, 0.1) is 6.61 Å². The molecule has 0 rings (SSSR count). The number of carbonyl (C=O) groups is 3. The fourth-order valence-electron chi connectivity index (χ4n) is 5.99. The monoisotopic (exact) mass is 639 g/mol. The summed E-state index contributed by atoms with van der Waals surface area (Å²) in [6, 6.07) is 0. The van der Waals surface area contributed by atoms with Gasteiger partial charge in [-0.15, -0.1) is 0 Å². The van der Waals surface area contributed by atoms with Crippen LogP contribution in [0.1, 0.15) is 213 Å². The molecule has 0 amide bonds. The van der Waals surface area contributed by atoms with Crippen molar-refractivity contribution in [2.45, 2.75) is 219 Å². The highest BCUT2D eigenvalue weighted by Gasteiger charge is 2.27. The molecule has 1 atom stereocenters. The van der Waals surface area contributed by atoms with Gasteiger partial charge >= 0.3 is 17.9 Å². The lowest BCUT2D eigenvalue weighted by Crippen LogP contribution is -2.26. The molecular weight excluding hydrogens is 564 g/mol. The summed E-state index contributed by atoms with van der Waals surface area (Å²) in [7, 11) is 0. The Bertz CT molecular complexity index is 662. The summed E-state index contributed by atoms with van der Waals surface area (Å²) in [5, 5.41) is 9.53. The quantitative estimate of drug-likeness (QED) is 0.0422. The summed E-state index contributed by atoms with van der Waals surface area (Å²) in [5.74, 6) is -2.83. The molecule has 0 spiro atoms. The van der Waals surface area contributed by atoms with Gasteiger partial charge in [0.1, 0.15) is 6.10 Å². The Hall–Kier alpha value is -1.59. The van der Waals surface area contributed by atoms with E-state index in [1.807, 2.05) is 0 Å². The molecule has 266 valence electrons. The van der Waals surface area contributed by atoms with Gasteiger partial charge in [0.15, 0.2) is 5.92 Å². The summed E-state index contributed by atoms with van der Waals surface area (Å²) < 4.78 is 11.2. The number of esters is 2. The van der Waals surface area contributed by atoms with E-state index in [9.17, 15) is 19.5 Å². The van der Waals surface area contributed by atoms with Gasteiger partial charge in [-0.2, -0.15) is 0 Å². The topological polar surface area (TPSA) is 89.9 Å². The molecule has 1 N–H and O–H groups in total. The first kappa shape index (κ1) is 43.4. The van der Waals surface area contributed by atoms with E-state index in [-0.39, 0.29) is 12.1 Å². The van der Waals surface area contributed by atoms with E-state index in [2.05, 4.69) is 20.8 Å². The van der Waals surface area contributed by atoms with Crippen LogP contribution in [0.5, 0.6) is 0 Å². The number of aliphatic carboxylic acids is 1. The lowest BCUT2D eigenvalue weighted by atomic mass is 10.00. The summed E-state index contributed by atoms with van der Waals surface area (Å²) in [5.41, 5.74) is 0. The molecule has 6 nitrogen and oxygen atoms in total. The summed E-state index contributed by atoms with van der Waals surface area (Å²) in [6.07, 6.45) is 32.6. The van der Waals surface area contributed by atoms with E-state index >= 15 is 0 Å². The van der Waals surface area contributed by atoms with Crippen LogP contribution in [-0.4, -0.2) is 35.7 Å². The zero-order valence-electron chi connectivity index (χ0n) is 30.1. The predicted octanol–water partition coefficient (Wildman–Crippen LogP) is 11.9. The van der Waals surface area contributed by atoms with E-state index in [0.29, 0.717) is 25.9 Å². The van der Waals surface area contributed by atoms with Crippen molar-refractivity contribution in [3.8, 4) is 0 Å². The zero-order valence-corrected chi connectivity index (χ0v) is 30.1. The van der Waals surface area contributed by atoms with E-state index in [1.54, 1.807) is 0 Å². The summed E-state index contributed by atoms with van der Waals surface area (Å²) in [4.78, 5) is 36.6. The average Bonchev–Trinajstić information content (AvgIpc) is 3.02. The Morgan fingerprint density at radius 3 is 1.31 bits per heavy atom. The molecule has 1 unspecified atom stereocenters. The van der Waals surface area contributed by atoms with E-state index in [0.717, 1.165) is 70.6 Å². The van der Waals surface area contributed by atoms with Crippen LogP contribution in [0.4, 0.5) is 0 Å². The maximum absolute atomic E-state index is 12.6. The average molecular weight is 639 g/mol. The van der Waals surface area contributed by atoms with Crippen molar-refractivity contribution in [1.82, 2.24) is 0 Å². The van der Waals surface area contributed by atoms with Gasteiger partial charge in [0.2, 0.25) is 0 Å². The van der Waals surface area contributed by atoms with Crippen molar-refractivity contribution >= 4 is 17.9 Å². The molecule has 0 bridgehead atoms. The molecule has 0 aliphatic heterocycles. The second-order valence-electron chi connectivity index (χ2n) is 13.4. The van der Waals surface area contributed by atoms with Gasteiger partial charge < -0.3 is 14.6 Å². The molecule has 0 saturated carbocycles. The Labute approximate surface area is 278 Å². The third-order valence-corrected chi connectivity index (χ3v) is 9.01. The first-order valence-corrected chi connectivity index (χ1v) is 19.5. The van der Waals surface area contributed by atoms with Crippen LogP contribution in [-0.2, 0) is 23.9 Å². The fraction of sp³-hybridized carbons (Fsp3) is 0.923. The van der Waals surface area contributed by atoms with Crippen molar-refractivity contribution in [1.29, 1.82) is 0 Å². The number of carboxylic acid groups (broad SMARTS) is 1. The molecule has 0 radical (unpaired) electrons. The van der Waals surface area contributed by atoms with Crippen molar-refractivity contribution in [2.75, 3.05) is 6.61 Å². The number of rotatable bonds is 35. The Balaban J connectivity index is 4.11. The first-order valence-electron chi connectivity index (χ1n) is 19.5. The molecule has 0 aromatic heterocycles. The van der Waals surface area contributed by atoms with Gasteiger partial charge in [-0.05, 0) is 44.9 Å². The second-order valence-corrected chi connectivity index (χ2v) is 13.4. The molecule has 6 heteroatoms. The summed E-state index contributed by atoms with van der Waals surface area (Å²) in [6.45, 7) is 7.02. The Kier molecular flexibility index (Phi) is 32.6. The van der Waals surface area contributed by atoms with Gasteiger partial charge in [-0.3, -0.25) is 14.4 Å². The van der Waals surface area contributed by atoms with Crippen LogP contribution in [0, 0.1) is 5.92 Å². The molecule has 0 aliphatic carbocycles. The molecule has 0 fully saturated rings. The van der Waals surface area contributed by atoms with Crippen LogP contribution in [0.15, 0.2) is 0 Å². The van der Waals surface area contributed by atoms with Crippen molar-refractivity contribution in [3.05, 3.63) is 0 Å². The standard InChI is InChI=1S/C39H74O6/c1-4-7-10-13-16-17-18-24-29-34-44-39(43)36(38(41)42)32-27-22-19-23-28-33-37(40)45-35(30-25-20-14-11-8-5-2)31-26-21-15-12-9-6-3/h35-36H,4-34H2,1-3H3,(H,41,42). The molecule has 0 aromatic carbocycles. The van der Waals surface area contributed by atoms with E-state index in [1.165, 1.54) is 103 Å². The van der Waals surface area contributed by atoms with E-state index < -0.39 is 17.9 Å². The first-order chi connectivity index (χ1) is 22.0. The molecule has 0 saturated heterocycles. The molecule has 0 heterocycles. The minimum absolute atomic E-state index is 0.0582. The predicted molar refractivity (Wildman–Crippen MR) is 187 cm³/mol. The Morgan fingerprint density at radius 1 is 0.489 bits per heavy atom. The van der Waals surface area contributed by atoms with Crippen molar-refractivity contribution < 1.29 is 29.0 Å². The number of hydrogen-bond donors (Lipinski definition) is 1. The SMILES string of the molecule is CCCCCCCCCCCOC(=O)C(CCCCCCCC(=O)OC(CCCCCCCC)CCCCCCCC)C(=O)O.